The molecular weight excluding hydrogens is 646 g/mol. The summed E-state index contributed by atoms with van der Waals surface area (Å²) in [7, 11) is 0. The van der Waals surface area contributed by atoms with Gasteiger partial charge >= 0.3 is 57.5 Å². The second-order valence-corrected chi connectivity index (χ2v) is 4.66. The molecule has 2 aromatic carbocycles. The van der Waals surface area contributed by atoms with Crippen molar-refractivity contribution in [3.63, 3.8) is 0 Å². The minimum atomic E-state index is -4.76. The molecule has 0 saturated heterocycles. The van der Waals surface area contributed by atoms with Crippen molar-refractivity contribution in [3.05, 3.63) is 59.7 Å². The van der Waals surface area contributed by atoms with Gasteiger partial charge in [-0.15, -0.1) is 26.3 Å². The Morgan fingerprint density at radius 2 is 0.938 bits per heavy atom. The normalized spacial score (nSPS) is 9.69. The van der Waals surface area contributed by atoms with Gasteiger partial charge < -0.3 is 24.5 Å². The van der Waals surface area contributed by atoms with E-state index in [1.165, 1.54) is 36.4 Å². The Morgan fingerprint density at radius 1 is 0.688 bits per heavy atom. The molecule has 0 aliphatic heterocycles. The molecule has 0 aliphatic rings. The van der Waals surface area contributed by atoms with Crippen molar-refractivity contribution in [1.29, 1.82) is 0 Å². The molecule has 15 heteroatoms. The maximum absolute atomic E-state index is 11.7. The first kappa shape index (κ1) is 34.3. The Hall–Kier alpha value is -2.29. The average molecular weight is 656 g/mol. The maximum Gasteiger partial charge on any atom is 1.00 e. The van der Waals surface area contributed by atoms with E-state index in [1.807, 2.05) is 0 Å². The standard InChI is InChI=1S/2C8H5F3O2.CH2O3.2Ag/c2*9-8(10,11)13-7-4-2-1-3-6(7)5-12;2-1(3)4;;/h2*1-5H;(H2,2,3,4);;/q;;;2*+1/p-2. The number of aldehydes is 2. The van der Waals surface area contributed by atoms with Crippen LogP contribution >= 0.6 is 0 Å². The number of benzene rings is 2. The number of hydrogen-bond acceptors (Lipinski definition) is 7. The number of halogens is 6. The summed E-state index contributed by atoms with van der Waals surface area (Å²) >= 11 is 0. The molecule has 2 aromatic rings. The number of ether oxygens (including phenoxy) is 2. The molecule has 0 heterocycles. The van der Waals surface area contributed by atoms with Crippen molar-refractivity contribution >= 4 is 18.7 Å². The molecule has 7 nitrogen and oxygen atoms in total. The molecule has 32 heavy (non-hydrogen) atoms. The van der Waals surface area contributed by atoms with Crippen molar-refractivity contribution in [2.24, 2.45) is 0 Å². The average Bonchev–Trinajstić information content (AvgIpc) is 2.60. The molecule has 0 spiro atoms. The molecule has 0 aromatic heterocycles. The summed E-state index contributed by atoms with van der Waals surface area (Å²) in [6.07, 6.45) is -11.2. The third-order valence-electron chi connectivity index (χ3n) is 2.54. The van der Waals surface area contributed by atoms with Crippen LogP contribution in [0.1, 0.15) is 20.7 Å². The molecule has 2 rings (SSSR count). The summed E-state index contributed by atoms with van der Waals surface area (Å²) in [5, 5.41) is 16.7. The van der Waals surface area contributed by atoms with E-state index < -0.39 is 30.4 Å². The maximum atomic E-state index is 11.7. The van der Waals surface area contributed by atoms with Crippen LogP contribution in [-0.4, -0.2) is 31.5 Å². The molecule has 0 bridgehead atoms. The summed E-state index contributed by atoms with van der Waals surface area (Å²) in [5.41, 5.74) is -0.250. The number of carbonyl (C=O) groups is 3. The van der Waals surface area contributed by atoms with Crippen molar-refractivity contribution in [2.75, 3.05) is 0 Å². The summed E-state index contributed by atoms with van der Waals surface area (Å²) in [4.78, 5) is 28.9. The van der Waals surface area contributed by atoms with Gasteiger partial charge in [-0.3, -0.25) is 9.59 Å². The van der Waals surface area contributed by atoms with E-state index in [0.717, 1.165) is 12.1 Å². The van der Waals surface area contributed by atoms with Crippen LogP contribution in [-0.2, 0) is 44.8 Å². The Morgan fingerprint density at radius 3 is 1.16 bits per heavy atom. The first-order chi connectivity index (χ1) is 13.8. The molecule has 0 saturated carbocycles. The third kappa shape index (κ3) is 17.4. The van der Waals surface area contributed by atoms with Crippen molar-refractivity contribution in [1.82, 2.24) is 0 Å². The smallest absolute Gasteiger partial charge is 0.652 e. The van der Waals surface area contributed by atoms with Crippen molar-refractivity contribution in [3.8, 4) is 11.5 Å². The quantitative estimate of drug-likeness (QED) is 0.282. The van der Waals surface area contributed by atoms with E-state index in [2.05, 4.69) is 9.47 Å². The molecule has 0 N–H and O–H groups in total. The van der Waals surface area contributed by atoms with Crippen molar-refractivity contribution in [2.45, 2.75) is 12.7 Å². The van der Waals surface area contributed by atoms with Gasteiger partial charge in [0, 0.05) is 0 Å². The van der Waals surface area contributed by atoms with Gasteiger partial charge in [-0.05, 0) is 30.4 Å². The second kappa shape index (κ2) is 16.4. The first-order valence-corrected chi connectivity index (χ1v) is 7.27. The van der Waals surface area contributed by atoms with E-state index in [1.54, 1.807) is 0 Å². The SMILES string of the molecule is O=C([O-])[O-].O=Cc1ccccc1OC(F)(F)F.O=Cc1ccccc1OC(F)(F)F.[Ag+].[Ag+]. The van der Waals surface area contributed by atoms with Crippen LogP contribution in [0.3, 0.4) is 0 Å². The number of carbonyl (C=O) groups excluding carboxylic acids is 3. The molecular formula is C17H10Ag2F6O7. The number of alkyl halides is 6. The second-order valence-electron chi connectivity index (χ2n) is 4.66. The zero-order valence-electron chi connectivity index (χ0n) is 15.0. The summed E-state index contributed by atoms with van der Waals surface area (Å²) in [6, 6.07) is 10.3. The molecule has 184 valence electrons. The fourth-order valence-electron chi connectivity index (χ4n) is 1.59. The Kier molecular flexibility index (Phi) is 17.5. The van der Waals surface area contributed by atoms with Crippen LogP contribution in [0.4, 0.5) is 31.1 Å². The van der Waals surface area contributed by atoms with Crippen LogP contribution < -0.4 is 19.7 Å². The number of para-hydroxylation sites is 2. The Balaban J connectivity index is -0.000000428. The largest absolute Gasteiger partial charge is 1.00 e. The van der Waals surface area contributed by atoms with Crippen molar-refractivity contribution < 1.29 is 105 Å². The van der Waals surface area contributed by atoms with Gasteiger partial charge in [0.1, 0.15) is 11.5 Å². The zero-order chi connectivity index (χ0) is 23.4. The van der Waals surface area contributed by atoms with Gasteiger partial charge in [-0.25, -0.2) is 0 Å². The van der Waals surface area contributed by atoms with Crippen LogP contribution in [0, 0.1) is 0 Å². The fourth-order valence-corrected chi connectivity index (χ4v) is 1.59. The molecule has 0 atom stereocenters. The predicted molar refractivity (Wildman–Crippen MR) is 82.4 cm³/mol. The molecule has 0 fully saturated rings. The molecule has 0 radical (unpaired) electrons. The van der Waals surface area contributed by atoms with E-state index in [9.17, 15) is 35.9 Å². The van der Waals surface area contributed by atoms with Crippen LogP contribution in [0.2, 0.25) is 0 Å². The number of carboxylic acid groups (broad SMARTS) is 2. The topological polar surface area (TPSA) is 116 Å². The van der Waals surface area contributed by atoms with E-state index in [0.29, 0.717) is 12.6 Å². The van der Waals surface area contributed by atoms with E-state index >= 15 is 0 Å². The van der Waals surface area contributed by atoms with Gasteiger partial charge in [0.2, 0.25) is 0 Å². The zero-order valence-corrected chi connectivity index (χ0v) is 18.0. The van der Waals surface area contributed by atoms with E-state index in [-0.39, 0.29) is 55.9 Å². The summed E-state index contributed by atoms with van der Waals surface area (Å²) < 4.78 is 77.5. The Labute approximate surface area is 207 Å². The van der Waals surface area contributed by atoms with Gasteiger partial charge in [0.15, 0.2) is 12.6 Å². The van der Waals surface area contributed by atoms with Crippen LogP contribution in [0.15, 0.2) is 48.5 Å². The number of hydrogen-bond donors (Lipinski definition) is 0. The number of rotatable bonds is 4. The van der Waals surface area contributed by atoms with Crippen LogP contribution in [0.25, 0.3) is 0 Å². The third-order valence-corrected chi connectivity index (χ3v) is 2.54. The van der Waals surface area contributed by atoms with Crippen LogP contribution in [0.5, 0.6) is 11.5 Å². The van der Waals surface area contributed by atoms with E-state index in [4.69, 9.17) is 15.0 Å². The van der Waals surface area contributed by atoms with Gasteiger partial charge in [0.05, 0.1) is 11.1 Å². The Bertz CT molecular complexity index is 777. The predicted octanol–water partition coefficient (Wildman–Crippen LogP) is 2.34. The van der Waals surface area contributed by atoms with Gasteiger partial charge in [-0.1, -0.05) is 24.3 Å². The minimum Gasteiger partial charge on any atom is -0.652 e. The summed E-state index contributed by atoms with van der Waals surface area (Å²) in [5.74, 6) is -0.963. The molecule has 0 aliphatic carbocycles. The summed E-state index contributed by atoms with van der Waals surface area (Å²) in [6.45, 7) is 0. The first-order valence-electron chi connectivity index (χ1n) is 7.27. The van der Waals surface area contributed by atoms with Gasteiger partial charge in [-0.2, -0.15) is 0 Å². The fraction of sp³-hybridized carbons (Fsp3) is 0.118. The molecule has 0 amide bonds. The minimum absolute atomic E-state index is 0. The molecule has 0 unspecified atom stereocenters. The van der Waals surface area contributed by atoms with Gasteiger partial charge in [0.25, 0.3) is 0 Å². The monoisotopic (exact) mass is 654 g/mol.